The third kappa shape index (κ3) is 3.33. The molecule has 146 valence electrons. The molecule has 0 aromatic heterocycles. The van der Waals surface area contributed by atoms with Crippen LogP contribution in [0.15, 0.2) is 0 Å². The van der Waals surface area contributed by atoms with Crippen LogP contribution in [0.1, 0.15) is 40.0 Å². The second-order valence-electron chi connectivity index (χ2n) is 8.53. The Morgan fingerprint density at radius 1 is 1.23 bits per heavy atom. The molecule has 1 heterocycles. The first-order chi connectivity index (χ1) is 12.2. The summed E-state index contributed by atoms with van der Waals surface area (Å²) in [4.78, 5) is 39.5. The summed E-state index contributed by atoms with van der Waals surface area (Å²) in [5, 5.41) is 2.84. The number of rotatable bonds is 7. The molecule has 2 aliphatic carbocycles. The van der Waals surface area contributed by atoms with Gasteiger partial charge in [-0.3, -0.25) is 9.59 Å². The van der Waals surface area contributed by atoms with E-state index in [1.807, 2.05) is 0 Å². The first kappa shape index (κ1) is 19.1. The molecule has 7 heteroatoms. The van der Waals surface area contributed by atoms with Gasteiger partial charge in [-0.2, -0.15) is 0 Å². The van der Waals surface area contributed by atoms with Gasteiger partial charge in [-0.05, 0) is 30.6 Å². The van der Waals surface area contributed by atoms with Crippen molar-refractivity contribution in [2.45, 2.75) is 58.2 Å². The minimum absolute atomic E-state index is 0.0510. The summed E-state index contributed by atoms with van der Waals surface area (Å²) in [7, 11) is 2.82. The van der Waals surface area contributed by atoms with Crippen LogP contribution in [0.3, 0.4) is 0 Å². The third-order valence-corrected chi connectivity index (χ3v) is 6.54. The van der Waals surface area contributed by atoms with Crippen LogP contribution in [-0.2, 0) is 23.9 Å². The van der Waals surface area contributed by atoms with E-state index in [4.69, 9.17) is 9.47 Å². The van der Waals surface area contributed by atoms with E-state index in [0.29, 0.717) is 24.8 Å². The SMILES string of the molecule is COC(=O)[C@@H]1[C@@H]2[C@H](CN1C(=O)[C@H](CC1CC1)NC(=O)[C@H](C)OC)C2(C)C. The Bertz CT molecular complexity index is 601. The molecular formula is C19H30N2O5. The van der Waals surface area contributed by atoms with Crippen molar-refractivity contribution < 1.29 is 23.9 Å². The molecule has 0 aromatic carbocycles. The maximum absolute atomic E-state index is 13.2. The van der Waals surface area contributed by atoms with Gasteiger partial charge in [0.25, 0.3) is 0 Å². The zero-order valence-electron chi connectivity index (χ0n) is 16.3. The van der Waals surface area contributed by atoms with Gasteiger partial charge in [0.15, 0.2) is 0 Å². The van der Waals surface area contributed by atoms with Crippen LogP contribution in [0.5, 0.6) is 0 Å². The Morgan fingerprint density at radius 3 is 2.42 bits per heavy atom. The molecule has 3 fully saturated rings. The maximum atomic E-state index is 13.2. The normalized spacial score (nSPS) is 31.0. The summed E-state index contributed by atoms with van der Waals surface area (Å²) >= 11 is 0. The van der Waals surface area contributed by atoms with Crippen molar-refractivity contribution in [3.8, 4) is 0 Å². The number of piperidine rings is 1. The standard InChI is InChI=1S/C19H30N2O5/c1-10(25-4)16(22)20-13(8-11-6-7-11)17(23)21-9-12-14(19(12,2)3)15(21)18(24)26-5/h10-15H,6-9H2,1-5H3,(H,20,22)/t10-,12-,13-,14-,15-/m0/s1. The van der Waals surface area contributed by atoms with Crippen molar-refractivity contribution in [1.82, 2.24) is 10.2 Å². The summed E-state index contributed by atoms with van der Waals surface area (Å²) in [6, 6.07) is -1.16. The Kier molecular flexibility index (Phi) is 5.03. The first-order valence-corrected chi connectivity index (χ1v) is 9.43. The van der Waals surface area contributed by atoms with Crippen LogP contribution in [0.25, 0.3) is 0 Å². The number of esters is 1. The number of nitrogens with one attached hydrogen (secondary N) is 1. The third-order valence-electron chi connectivity index (χ3n) is 6.54. The number of fused-ring (bicyclic) bond motifs is 1. The lowest BCUT2D eigenvalue weighted by Crippen LogP contribution is -2.55. The van der Waals surface area contributed by atoms with Gasteiger partial charge >= 0.3 is 5.97 Å². The monoisotopic (exact) mass is 366 g/mol. The highest BCUT2D eigenvalue weighted by atomic mass is 16.5. The molecule has 0 spiro atoms. The van der Waals surface area contributed by atoms with E-state index >= 15 is 0 Å². The number of amides is 2. The molecular weight excluding hydrogens is 336 g/mol. The number of carbonyl (C=O) groups excluding carboxylic acids is 3. The van der Waals surface area contributed by atoms with Gasteiger partial charge in [-0.25, -0.2) is 4.79 Å². The van der Waals surface area contributed by atoms with E-state index < -0.39 is 18.2 Å². The van der Waals surface area contributed by atoms with Gasteiger partial charge in [-0.15, -0.1) is 0 Å². The van der Waals surface area contributed by atoms with Gasteiger partial charge in [-0.1, -0.05) is 26.7 Å². The van der Waals surface area contributed by atoms with Gasteiger partial charge in [0.05, 0.1) is 7.11 Å². The average Bonchev–Trinajstić information content (AvgIpc) is 3.46. The van der Waals surface area contributed by atoms with Crippen LogP contribution in [0, 0.1) is 23.2 Å². The number of hydrogen-bond donors (Lipinski definition) is 1. The molecule has 2 amide bonds. The molecule has 0 aromatic rings. The molecule has 1 aliphatic heterocycles. The van der Waals surface area contributed by atoms with Crippen LogP contribution in [-0.4, -0.2) is 61.6 Å². The van der Waals surface area contributed by atoms with E-state index in [2.05, 4.69) is 19.2 Å². The van der Waals surface area contributed by atoms with Crippen LogP contribution in [0.2, 0.25) is 0 Å². The predicted molar refractivity (Wildman–Crippen MR) is 94.0 cm³/mol. The maximum Gasteiger partial charge on any atom is 0.328 e. The zero-order chi connectivity index (χ0) is 19.2. The number of carbonyl (C=O) groups is 3. The Balaban J connectivity index is 1.75. The molecule has 0 radical (unpaired) electrons. The molecule has 1 saturated heterocycles. The molecule has 0 bridgehead atoms. The number of methoxy groups -OCH3 is 2. The molecule has 0 unspecified atom stereocenters. The molecule has 26 heavy (non-hydrogen) atoms. The van der Waals surface area contributed by atoms with Crippen molar-refractivity contribution in [2.24, 2.45) is 23.2 Å². The van der Waals surface area contributed by atoms with Crippen molar-refractivity contribution in [1.29, 1.82) is 0 Å². The number of hydrogen-bond acceptors (Lipinski definition) is 5. The Hall–Kier alpha value is -1.63. The van der Waals surface area contributed by atoms with Gasteiger partial charge in [0.1, 0.15) is 18.2 Å². The van der Waals surface area contributed by atoms with E-state index in [-0.39, 0.29) is 29.1 Å². The van der Waals surface area contributed by atoms with Gasteiger partial charge < -0.3 is 19.7 Å². The van der Waals surface area contributed by atoms with E-state index in [1.54, 1.807) is 11.8 Å². The van der Waals surface area contributed by atoms with Gasteiger partial charge in [0, 0.05) is 19.6 Å². The zero-order valence-corrected chi connectivity index (χ0v) is 16.3. The lowest BCUT2D eigenvalue weighted by molar-refractivity contribution is -0.154. The van der Waals surface area contributed by atoms with Crippen LogP contribution < -0.4 is 5.32 Å². The molecule has 5 atom stereocenters. The highest BCUT2D eigenvalue weighted by molar-refractivity contribution is 5.92. The van der Waals surface area contributed by atoms with E-state index in [0.717, 1.165) is 12.8 Å². The van der Waals surface area contributed by atoms with Crippen molar-refractivity contribution >= 4 is 17.8 Å². The second-order valence-corrected chi connectivity index (χ2v) is 8.53. The lowest BCUT2D eigenvalue weighted by Gasteiger charge is -2.32. The second kappa shape index (κ2) is 6.83. The summed E-state index contributed by atoms with van der Waals surface area (Å²) in [5.41, 5.74) is 0.0510. The largest absolute Gasteiger partial charge is 0.467 e. The number of likely N-dealkylation sites (tertiary alicyclic amines) is 1. The smallest absolute Gasteiger partial charge is 0.328 e. The summed E-state index contributed by atoms with van der Waals surface area (Å²) in [6.07, 6.45) is 2.16. The van der Waals surface area contributed by atoms with Crippen molar-refractivity contribution in [2.75, 3.05) is 20.8 Å². The molecule has 2 saturated carbocycles. The van der Waals surface area contributed by atoms with Crippen LogP contribution in [0.4, 0.5) is 0 Å². The molecule has 3 aliphatic rings. The summed E-state index contributed by atoms with van der Waals surface area (Å²) in [5.74, 6) is 0.0722. The highest BCUT2D eigenvalue weighted by Crippen LogP contribution is 2.65. The molecule has 1 N–H and O–H groups in total. The van der Waals surface area contributed by atoms with Gasteiger partial charge in [0.2, 0.25) is 11.8 Å². The average molecular weight is 366 g/mol. The fourth-order valence-electron chi connectivity index (χ4n) is 4.41. The predicted octanol–water partition coefficient (Wildman–Crippen LogP) is 0.962. The Labute approximate surface area is 154 Å². The Morgan fingerprint density at radius 2 is 1.88 bits per heavy atom. The highest BCUT2D eigenvalue weighted by Gasteiger charge is 2.70. The summed E-state index contributed by atoms with van der Waals surface area (Å²) in [6.45, 7) is 6.46. The molecule has 7 nitrogen and oxygen atoms in total. The fraction of sp³-hybridized carbons (Fsp3) is 0.842. The van der Waals surface area contributed by atoms with Crippen molar-refractivity contribution in [3.63, 3.8) is 0 Å². The topological polar surface area (TPSA) is 84.9 Å². The lowest BCUT2D eigenvalue weighted by atomic mass is 9.99. The van der Waals surface area contributed by atoms with E-state index in [9.17, 15) is 14.4 Å². The minimum Gasteiger partial charge on any atom is -0.467 e. The first-order valence-electron chi connectivity index (χ1n) is 9.43. The van der Waals surface area contributed by atoms with Crippen LogP contribution >= 0.6 is 0 Å². The number of ether oxygens (including phenoxy) is 2. The minimum atomic E-state index is -0.619. The molecule has 3 rings (SSSR count). The summed E-state index contributed by atoms with van der Waals surface area (Å²) < 4.78 is 10.0. The number of nitrogens with zero attached hydrogens (tertiary/aromatic N) is 1. The quantitative estimate of drug-likeness (QED) is 0.679. The van der Waals surface area contributed by atoms with E-state index in [1.165, 1.54) is 14.2 Å². The van der Waals surface area contributed by atoms with Crippen molar-refractivity contribution in [3.05, 3.63) is 0 Å². The fourth-order valence-corrected chi connectivity index (χ4v) is 4.41.